The number of benzene rings is 1. The van der Waals surface area contributed by atoms with E-state index in [0.717, 1.165) is 37.6 Å². The molecule has 1 atom stereocenters. The zero-order valence-corrected chi connectivity index (χ0v) is 12.1. The molecule has 0 radical (unpaired) electrons. The minimum Gasteiger partial charge on any atom is -0.491 e. The highest BCUT2D eigenvalue weighted by Gasteiger charge is 2.38. The number of nitrogens with two attached hydrogens (primary N) is 1. The molecule has 4 heteroatoms. The van der Waals surface area contributed by atoms with E-state index in [-0.39, 0.29) is 5.54 Å². The lowest BCUT2D eigenvalue weighted by atomic mass is 9.92. The molecular weight excluding hydrogens is 256 g/mol. The number of hydrogen-bond acceptors (Lipinski definition) is 4. The van der Waals surface area contributed by atoms with Gasteiger partial charge in [0.1, 0.15) is 5.75 Å². The fourth-order valence-electron chi connectivity index (χ4n) is 3.14. The smallest absolute Gasteiger partial charge is 0.142 e. The molecule has 1 saturated heterocycles. The van der Waals surface area contributed by atoms with E-state index in [1.165, 1.54) is 24.3 Å². The molecule has 3 rings (SSSR count). The Hall–Kier alpha value is -0.870. The predicted molar refractivity (Wildman–Crippen MR) is 82.2 cm³/mol. The van der Waals surface area contributed by atoms with Crippen molar-refractivity contribution in [2.75, 3.05) is 36.1 Å². The fraction of sp³-hybridized carbons (Fsp3) is 0.600. The maximum absolute atomic E-state index is 6.18. The Balaban J connectivity index is 1.98. The molecule has 19 heavy (non-hydrogen) atoms. The predicted octanol–water partition coefficient (Wildman–Crippen LogP) is 2.50. The van der Waals surface area contributed by atoms with E-state index in [0.29, 0.717) is 0 Å². The molecule has 0 aliphatic carbocycles. The summed E-state index contributed by atoms with van der Waals surface area (Å²) in [4.78, 5) is 2.53. The van der Waals surface area contributed by atoms with Crippen molar-refractivity contribution in [1.82, 2.24) is 0 Å². The third-order valence-corrected chi connectivity index (χ3v) is 5.51. The maximum Gasteiger partial charge on any atom is 0.142 e. The van der Waals surface area contributed by atoms with Gasteiger partial charge in [-0.05, 0) is 37.1 Å². The maximum atomic E-state index is 6.18. The molecule has 1 aromatic carbocycles. The number of thioether (sulfide) groups is 1. The van der Waals surface area contributed by atoms with Gasteiger partial charge in [-0.1, -0.05) is 12.1 Å². The number of anilines is 1. The van der Waals surface area contributed by atoms with Gasteiger partial charge in [0.25, 0.3) is 0 Å². The normalized spacial score (nSPS) is 27.3. The Bertz CT molecular complexity index is 432. The van der Waals surface area contributed by atoms with Gasteiger partial charge in [-0.2, -0.15) is 11.8 Å². The molecule has 0 spiro atoms. The molecule has 0 bridgehead atoms. The third-order valence-electron chi connectivity index (χ3n) is 4.19. The van der Waals surface area contributed by atoms with Crippen molar-refractivity contribution in [2.24, 2.45) is 5.73 Å². The van der Waals surface area contributed by atoms with Crippen LogP contribution in [0.4, 0.5) is 5.69 Å². The molecule has 3 nitrogen and oxygen atoms in total. The van der Waals surface area contributed by atoms with E-state index in [9.17, 15) is 0 Å². The highest BCUT2D eigenvalue weighted by atomic mass is 32.2. The quantitative estimate of drug-likeness (QED) is 0.902. The van der Waals surface area contributed by atoms with Crippen molar-refractivity contribution in [3.05, 3.63) is 24.3 Å². The molecule has 1 unspecified atom stereocenters. The molecule has 0 saturated carbocycles. The van der Waals surface area contributed by atoms with Crippen LogP contribution >= 0.6 is 11.8 Å². The van der Waals surface area contributed by atoms with E-state index in [4.69, 9.17) is 10.5 Å². The van der Waals surface area contributed by atoms with Crippen LogP contribution in [0.5, 0.6) is 5.75 Å². The number of ether oxygens (including phenoxy) is 1. The zero-order chi connectivity index (χ0) is 13.1. The summed E-state index contributed by atoms with van der Waals surface area (Å²) in [5.41, 5.74) is 7.53. The average molecular weight is 278 g/mol. The Morgan fingerprint density at radius 3 is 3.00 bits per heavy atom. The Kier molecular flexibility index (Phi) is 3.89. The highest BCUT2D eigenvalue weighted by molar-refractivity contribution is 7.99. The summed E-state index contributed by atoms with van der Waals surface area (Å²) in [6.45, 7) is 2.59. The van der Waals surface area contributed by atoms with Crippen molar-refractivity contribution < 1.29 is 4.74 Å². The van der Waals surface area contributed by atoms with E-state index >= 15 is 0 Å². The van der Waals surface area contributed by atoms with Crippen LogP contribution in [0, 0.1) is 0 Å². The SMILES string of the molecule is NCC1(N2CCCOc3ccccc32)CCCSC1. The average Bonchev–Trinajstić information content (AvgIpc) is 2.70. The molecule has 0 aromatic heterocycles. The molecule has 1 fully saturated rings. The summed E-state index contributed by atoms with van der Waals surface area (Å²) >= 11 is 2.04. The molecule has 2 N–H and O–H groups in total. The lowest BCUT2D eigenvalue weighted by Gasteiger charge is -2.46. The summed E-state index contributed by atoms with van der Waals surface area (Å²) in [6, 6.07) is 8.40. The van der Waals surface area contributed by atoms with Crippen LogP contribution < -0.4 is 15.4 Å². The molecule has 2 heterocycles. The lowest BCUT2D eigenvalue weighted by molar-refractivity contribution is 0.320. The molecule has 1 aromatic rings. The number of nitrogens with zero attached hydrogens (tertiary/aromatic N) is 1. The number of hydrogen-bond donors (Lipinski definition) is 1. The topological polar surface area (TPSA) is 38.5 Å². The van der Waals surface area contributed by atoms with E-state index in [1.54, 1.807) is 0 Å². The van der Waals surface area contributed by atoms with Crippen LogP contribution in [0.1, 0.15) is 19.3 Å². The highest BCUT2D eigenvalue weighted by Crippen LogP contribution is 2.40. The van der Waals surface area contributed by atoms with Gasteiger partial charge in [0, 0.05) is 18.8 Å². The van der Waals surface area contributed by atoms with Crippen molar-refractivity contribution in [1.29, 1.82) is 0 Å². The third kappa shape index (κ3) is 2.43. The molecule has 2 aliphatic heterocycles. The summed E-state index contributed by atoms with van der Waals surface area (Å²) in [7, 11) is 0. The van der Waals surface area contributed by atoms with Crippen molar-refractivity contribution >= 4 is 17.4 Å². The first kappa shape index (κ1) is 13.1. The first-order valence-electron chi connectivity index (χ1n) is 7.13. The second-order valence-electron chi connectivity index (χ2n) is 5.41. The molecule has 2 aliphatic rings. The van der Waals surface area contributed by atoms with Crippen LogP contribution in [0.15, 0.2) is 24.3 Å². The van der Waals surface area contributed by atoms with Crippen molar-refractivity contribution in [3.63, 3.8) is 0 Å². The molecular formula is C15H22N2OS. The van der Waals surface area contributed by atoms with Gasteiger partial charge < -0.3 is 15.4 Å². The Labute approximate surface area is 119 Å². The van der Waals surface area contributed by atoms with Crippen LogP contribution in [-0.2, 0) is 0 Å². The van der Waals surface area contributed by atoms with Gasteiger partial charge in [0.2, 0.25) is 0 Å². The minimum atomic E-state index is 0.118. The van der Waals surface area contributed by atoms with Gasteiger partial charge in [-0.15, -0.1) is 0 Å². The zero-order valence-electron chi connectivity index (χ0n) is 11.3. The largest absolute Gasteiger partial charge is 0.491 e. The monoisotopic (exact) mass is 278 g/mol. The van der Waals surface area contributed by atoms with Crippen LogP contribution in [0.25, 0.3) is 0 Å². The van der Waals surface area contributed by atoms with Gasteiger partial charge in [-0.25, -0.2) is 0 Å². The Morgan fingerprint density at radius 2 is 2.21 bits per heavy atom. The second-order valence-corrected chi connectivity index (χ2v) is 6.51. The summed E-state index contributed by atoms with van der Waals surface area (Å²) < 4.78 is 5.87. The number of para-hydroxylation sites is 2. The van der Waals surface area contributed by atoms with Crippen LogP contribution in [0.2, 0.25) is 0 Å². The lowest BCUT2D eigenvalue weighted by Crippen LogP contribution is -2.57. The number of rotatable bonds is 2. The Morgan fingerprint density at radius 1 is 1.32 bits per heavy atom. The van der Waals surface area contributed by atoms with Crippen molar-refractivity contribution in [2.45, 2.75) is 24.8 Å². The minimum absolute atomic E-state index is 0.118. The van der Waals surface area contributed by atoms with Crippen LogP contribution in [0.3, 0.4) is 0 Å². The van der Waals surface area contributed by atoms with E-state index in [1.807, 2.05) is 17.8 Å². The molecule has 104 valence electrons. The van der Waals surface area contributed by atoms with Gasteiger partial charge >= 0.3 is 0 Å². The fourth-order valence-corrected chi connectivity index (χ4v) is 4.43. The van der Waals surface area contributed by atoms with Gasteiger partial charge in [0.15, 0.2) is 0 Å². The standard InChI is InChI=1S/C15H22N2OS/c16-11-15(7-3-10-19-12-15)17-8-4-9-18-14-6-2-1-5-13(14)17/h1-2,5-6H,3-4,7-12,16H2. The van der Waals surface area contributed by atoms with Crippen LogP contribution in [-0.4, -0.2) is 36.7 Å². The summed E-state index contributed by atoms with van der Waals surface area (Å²) in [5, 5.41) is 0. The number of fused-ring (bicyclic) bond motifs is 1. The first-order chi connectivity index (χ1) is 9.36. The molecule has 0 amide bonds. The second kappa shape index (κ2) is 5.63. The first-order valence-corrected chi connectivity index (χ1v) is 8.28. The summed E-state index contributed by atoms with van der Waals surface area (Å²) in [6.07, 6.45) is 3.54. The van der Waals surface area contributed by atoms with Gasteiger partial charge in [-0.3, -0.25) is 0 Å². The van der Waals surface area contributed by atoms with Gasteiger partial charge in [0.05, 0.1) is 17.8 Å². The van der Waals surface area contributed by atoms with Crippen molar-refractivity contribution in [3.8, 4) is 5.75 Å². The summed E-state index contributed by atoms with van der Waals surface area (Å²) in [5.74, 6) is 3.43. The van der Waals surface area contributed by atoms with E-state index in [2.05, 4.69) is 23.1 Å². The van der Waals surface area contributed by atoms with E-state index < -0.39 is 0 Å².